The first-order chi connectivity index (χ1) is 25.0. The number of halogens is 2. The first-order valence-electron chi connectivity index (χ1n) is 16.4. The predicted octanol–water partition coefficient (Wildman–Crippen LogP) is 3.30. The molecule has 3 N–H and O–H groups in total. The highest BCUT2D eigenvalue weighted by molar-refractivity contribution is 8.00. The third kappa shape index (κ3) is 7.61. The first-order valence-corrected chi connectivity index (χ1v) is 17.8. The maximum atomic E-state index is 15.4. The van der Waals surface area contributed by atoms with Crippen LogP contribution in [0.2, 0.25) is 0 Å². The van der Waals surface area contributed by atoms with E-state index in [9.17, 15) is 28.7 Å². The molecule has 2 aromatic carbocycles. The highest BCUT2D eigenvalue weighted by atomic mass is 32.2. The van der Waals surface area contributed by atoms with Gasteiger partial charge in [-0.1, -0.05) is 0 Å². The predicted molar refractivity (Wildman–Crippen MR) is 188 cm³/mol. The lowest BCUT2D eigenvalue weighted by molar-refractivity contribution is -0.149. The highest BCUT2D eigenvalue weighted by Crippen LogP contribution is 2.40. The molecule has 276 valence electrons. The van der Waals surface area contributed by atoms with E-state index < -0.39 is 40.9 Å². The highest BCUT2D eigenvalue weighted by Gasteiger charge is 2.53. The number of piperazine rings is 1. The number of benzene rings is 2. The van der Waals surface area contributed by atoms with Crippen molar-refractivity contribution in [3.8, 4) is 5.69 Å². The van der Waals surface area contributed by atoms with E-state index >= 15 is 4.39 Å². The Bertz CT molecular complexity index is 1960. The van der Waals surface area contributed by atoms with E-state index in [1.54, 1.807) is 40.7 Å². The van der Waals surface area contributed by atoms with Gasteiger partial charge in [0, 0.05) is 55.8 Å². The SMILES string of the molecule is CCOC(=O)N1CCN(c2ccc(NCc3nn(CNC4C(=O)N5C(C(=O)O)=C(COC(C)=O)CSC45)c(=S)n3-c3ccc(F)cc3)cc2F)CC1. The molecule has 52 heavy (non-hydrogen) atoms. The number of amides is 2. The van der Waals surface area contributed by atoms with Crippen molar-refractivity contribution in [3.05, 3.63) is 76.0 Å². The zero-order chi connectivity index (χ0) is 37.1. The molecule has 2 atom stereocenters. The zero-order valence-corrected chi connectivity index (χ0v) is 29.8. The van der Waals surface area contributed by atoms with Crippen LogP contribution >= 0.6 is 24.0 Å². The number of ether oxygens (including phenoxy) is 2. The summed E-state index contributed by atoms with van der Waals surface area (Å²) >= 11 is 7.09. The van der Waals surface area contributed by atoms with Crippen molar-refractivity contribution in [3.63, 3.8) is 0 Å². The van der Waals surface area contributed by atoms with Crippen molar-refractivity contribution in [2.24, 2.45) is 0 Å². The van der Waals surface area contributed by atoms with Crippen molar-refractivity contribution in [2.45, 2.75) is 38.5 Å². The van der Waals surface area contributed by atoms with Gasteiger partial charge in [-0.05, 0) is 61.6 Å². The van der Waals surface area contributed by atoms with Gasteiger partial charge in [0.15, 0.2) is 5.82 Å². The minimum absolute atomic E-state index is 0.0134. The Kier molecular flexibility index (Phi) is 11.1. The van der Waals surface area contributed by atoms with Crippen LogP contribution in [0, 0.1) is 16.4 Å². The molecule has 4 heterocycles. The Balaban J connectivity index is 1.15. The third-order valence-electron chi connectivity index (χ3n) is 8.70. The minimum atomic E-state index is -1.29. The van der Waals surface area contributed by atoms with Crippen molar-refractivity contribution in [1.29, 1.82) is 0 Å². The summed E-state index contributed by atoms with van der Waals surface area (Å²) in [5, 5.41) is 20.3. The van der Waals surface area contributed by atoms with E-state index in [2.05, 4.69) is 15.7 Å². The second-order valence-corrected chi connectivity index (χ2v) is 13.5. The summed E-state index contributed by atoms with van der Waals surface area (Å²) in [7, 11) is 0. The van der Waals surface area contributed by atoms with Gasteiger partial charge in [0.2, 0.25) is 10.7 Å². The number of hydrogen-bond acceptors (Lipinski definition) is 12. The number of rotatable bonds is 12. The van der Waals surface area contributed by atoms with Crippen LogP contribution in [0.3, 0.4) is 0 Å². The van der Waals surface area contributed by atoms with E-state index in [1.165, 1.54) is 46.5 Å². The topological polar surface area (TPSA) is 163 Å². The quantitative estimate of drug-likeness (QED) is 0.140. The fraction of sp³-hybridized carbons (Fsp3) is 0.394. The smallest absolute Gasteiger partial charge is 0.409 e. The van der Waals surface area contributed by atoms with Crippen LogP contribution < -0.4 is 15.5 Å². The second-order valence-electron chi connectivity index (χ2n) is 12.0. The average molecular weight is 759 g/mol. The van der Waals surface area contributed by atoms with Crippen LogP contribution in [0.15, 0.2) is 53.7 Å². The number of anilines is 2. The number of thioether (sulfide) groups is 1. The molecule has 2 amide bonds. The maximum Gasteiger partial charge on any atom is 0.409 e. The fourth-order valence-electron chi connectivity index (χ4n) is 6.14. The molecule has 0 bridgehead atoms. The summed E-state index contributed by atoms with van der Waals surface area (Å²) < 4.78 is 42.6. The number of carboxylic acid groups (broad SMARTS) is 1. The molecular weight excluding hydrogens is 723 g/mol. The van der Waals surface area contributed by atoms with Crippen LogP contribution in [0.5, 0.6) is 0 Å². The average Bonchev–Trinajstić information content (AvgIpc) is 3.44. The van der Waals surface area contributed by atoms with Crippen molar-refractivity contribution >= 4 is 59.3 Å². The lowest BCUT2D eigenvalue weighted by Crippen LogP contribution is -2.70. The Morgan fingerprint density at radius 2 is 1.81 bits per heavy atom. The molecule has 2 saturated heterocycles. The first kappa shape index (κ1) is 36.8. The summed E-state index contributed by atoms with van der Waals surface area (Å²) in [5.41, 5.74) is 1.55. The number of carbonyl (C=O) groups excluding carboxylic acids is 3. The van der Waals surface area contributed by atoms with Gasteiger partial charge >= 0.3 is 18.0 Å². The summed E-state index contributed by atoms with van der Waals surface area (Å²) in [6.07, 6.45) is -0.383. The number of β-lactam (4-membered cyclic amide) rings is 1. The monoisotopic (exact) mass is 758 g/mol. The summed E-state index contributed by atoms with van der Waals surface area (Å²) in [6, 6.07) is 9.69. The lowest BCUT2D eigenvalue weighted by atomic mass is 10.0. The number of fused-ring (bicyclic) bond motifs is 1. The van der Waals surface area contributed by atoms with Crippen molar-refractivity contribution in [2.75, 3.05) is 55.4 Å². The van der Waals surface area contributed by atoms with Gasteiger partial charge in [-0.25, -0.2) is 23.1 Å². The lowest BCUT2D eigenvalue weighted by Gasteiger charge is -2.49. The molecule has 0 radical (unpaired) electrons. The zero-order valence-electron chi connectivity index (χ0n) is 28.2. The third-order valence-corrected chi connectivity index (χ3v) is 10.4. The van der Waals surface area contributed by atoms with Crippen LogP contribution in [0.25, 0.3) is 5.69 Å². The van der Waals surface area contributed by atoms with E-state index in [0.717, 1.165) is 0 Å². The number of hydrogen-bond donors (Lipinski definition) is 3. The Morgan fingerprint density at radius 1 is 1.08 bits per heavy atom. The van der Waals surface area contributed by atoms with Gasteiger partial charge in [-0.2, -0.15) is 5.10 Å². The van der Waals surface area contributed by atoms with Gasteiger partial charge in [-0.3, -0.25) is 24.4 Å². The van der Waals surface area contributed by atoms with Gasteiger partial charge < -0.3 is 29.7 Å². The van der Waals surface area contributed by atoms with Crippen LogP contribution in [-0.4, -0.2) is 110 Å². The number of nitrogens with zero attached hydrogens (tertiary/aromatic N) is 6. The van der Waals surface area contributed by atoms with Crippen LogP contribution in [-0.2, 0) is 37.1 Å². The largest absolute Gasteiger partial charge is 0.477 e. The molecule has 2 unspecified atom stereocenters. The van der Waals surface area contributed by atoms with Crippen molar-refractivity contribution in [1.82, 2.24) is 29.5 Å². The minimum Gasteiger partial charge on any atom is -0.477 e. The van der Waals surface area contributed by atoms with Gasteiger partial charge in [-0.15, -0.1) is 11.8 Å². The second kappa shape index (κ2) is 15.7. The maximum absolute atomic E-state index is 15.4. The molecule has 0 aliphatic carbocycles. The Morgan fingerprint density at radius 3 is 2.46 bits per heavy atom. The molecule has 2 fully saturated rings. The number of carboxylic acids is 1. The summed E-state index contributed by atoms with van der Waals surface area (Å²) in [5.74, 6) is -2.53. The number of carbonyl (C=O) groups is 4. The fourth-order valence-corrected chi connectivity index (χ4v) is 7.81. The van der Waals surface area contributed by atoms with Gasteiger partial charge in [0.25, 0.3) is 0 Å². The van der Waals surface area contributed by atoms with Crippen LogP contribution in [0.1, 0.15) is 19.7 Å². The number of esters is 1. The van der Waals surface area contributed by atoms with Crippen molar-refractivity contribution < 1.29 is 42.5 Å². The molecule has 6 rings (SSSR count). The van der Waals surface area contributed by atoms with E-state index in [1.807, 2.05) is 4.90 Å². The molecule has 19 heteroatoms. The molecule has 3 aliphatic rings. The molecule has 3 aliphatic heterocycles. The Hall–Kier alpha value is -5.01. The van der Waals surface area contributed by atoms with Gasteiger partial charge in [0.1, 0.15) is 35.4 Å². The molecule has 0 saturated carbocycles. The normalized spacial score (nSPS) is 18.5. The molecular formula is C33H36F2N8O7S2. The number of aromatic nitrogens is 3. The standard InChI is InChI=1S/C33H36F2N8O7S2/c1-3-49-33(48)40-12-10-39(11-13-40)25-9-6-22(14-24(25)35)36-15-26-38-41(32(51)42(26)23-7-4-21(34)5-8-23)18-37-27-29(45)43-28(31(46)47)20(16-50-19(2)44)17-52-30(27)43/h4-9,14,27,30,36-37H,3,10-13,15-18H2,1-2H3,(H,46,47). The van der Waals surface area contributed by atoms with Gasteiger partial charge in [0.05, 0.1) is 25.5 Å². The number of aliphatic carboxylic acids is 1. The molecule has 0 spiro atoms. The van der Waals surface area contributed by atoms with Crippen LogP contribution in [0.4, 0.5) is 25.0 Å². The molecule has 1 aromatic heterocycles. The molecule has 15 nitrogen and oxygen atoms in total. The Labute approximate surface area is 306 Å². The molecule has 3 aromatic rings. The number of nitrogens with one attached hydrogen (secondary N) is 2. The summed E-state index contributed by atoms with van der Waals surface area (Å²) in [4.78, 5) is 53.2. The van der Waals surface area contributed by atoms with E-state index in [0.29, 0.717) is 54.6 Å². The van der Waals surface area contributed by atoms with E-state index in [4.69, 9.17) is 21.7 Å². The summed E-state index contributed by atoms with van der Waals surface area (Å²) in [6.45, 7) is 4.83. The van der Waals surface area contributed by atoms with E-state index in [-0.39, 0.29) is 48.7 Å².